The molecule has 1 aliphatic heterocycles. The van der Waals surface area contributed by atoms with Crippen LogP contribution in [0.4, 0.5) is 17.6 Å². The van der Waals surface area contributed by atoms with Crippen LogP contribution < -0.4 is 4.74 Å². The number of carbonyl (C=O) groups excluding carboxylic acids is 1. The standard InChI is InChI=1S/C16H13ClF4N4O3/c1-9-7-15(27,16(19,20)21)25(22-9)14(26)13-4-5-24(23-13)8-28-10-2-3-12(18)11(17)6-10/h2-6,27H,7-8H2,1H3. The number of alkyl halides is 3. The first-order valence-corrected chi connectivity index (χ1v) is 8.18. The van der Waals surface area contributed by atoms with Gasteiger partial charge in [-0.1, -0.05) is 11.6 Å². The molecule has 2 heterocycles. The topological polar surface area (TPSA) is 80.0 Å². The minimum absolute atomic E-state index is 0.0182. The number of nitrogens with zero attached hydrogens (tertiary/aromatic N) is 4. The van der Waals surface area contributed by atoms with E-state index in [1.54, 1.807) is 0 Å². The van der Waals surface area contributed by atoms with Gasteiger partial charge >= 0.3 is 6.18 Å². The molecule has 12 heteroatoms. The van der Waals surface area contributed by atoms with Crippen molar-refractivity contribution >= 4 is 23.2 Å². The van der Waals surface area contributed by atoms with E-state index < -0.39 is 30.0 Å². The summed E-state index contributed by atoms with van der Waals surface area (Å²) in [4.78, 5) is 12.4. The molecule has 0 aliphatic carbocycles. The van der Waals surface area contributed by atoms with Crippen LogP contribution in [0.25, 0.3) is 0 Å². The molecule has 0 saturated heterocycles. The van der Waals surface area contributed by atoms with E-state index in [0.717, 1.165) is 16.8 Å². The number of hydrazone groups is 1. The van der Waals surface area contributed by atoms with E-state index in [0.29, 0.717) is 0 Å². The fourth-order valence-corrected chi connectivity index (χ4v) is 2.69. The number of aliphatic hydroxyl groups is 1. The second kappa shape index (κ2) is 7.06. The maximum Gasteiger partial charge on any atom is 0.438 e. The Kier molecular flexibility index (Phi) is 5.06. The van der Waals surface area contributed by atoms with Crippen LogP contribution in [0.1, 0.15) is 23.8 Å². The van der Waals surface area contributed by atoms with E-state index in [2.05, 4.69) is 10.2 Å². The van der Waals surface area contributed by atoms with E-state index in [1.807, 2.05) is 0 Å². The van der Waals surface area contributed by atoms with Crippen LogP contribution in [0.2, 0.25) is 5.02 Å². The minimum Gasteiger partial charge on any atom is -0.471 e. The summed E-state index contributed by atoms with van der Waals surface area (Å²) in [6, 6.07) is 4.81. The van der Waals surface area contributed by atoms with Crippen LogP contribution in [0.15, 0.2) is 35.6 Å². The van der Waals surface area contributed by atoms with Crippen molar-refractivity contribution in [2.45, 2.75) is 32.0 Å². The third-order valence-corrected chi connectivity index (χ3v) is 4.17. The summed E-state index contributed by atoms with van der Waals surface area (Å²) in [5.41, 5.74) is -3.86. The van der Waals surface area contributed by atoms with E-state index in [-0.39, 0.29) is 33.9 Å². The van der Waals surface area contributed by atoms with E-state index in [4.69, 9.17) is 16.3 Å². The molecule has 1 aromatic carbocycles. The van der Waals surface area contributed by atoms with Gasteiger partial charge in [0.1, 0.15) is 11.6 Å². The highest BCUT2D eigenvalue weighted by atomic mass is 35.5. The van der Waals surface area contributed by atoms with Gasteiger partial charge in [0.05, 0.1) is 5.02 Å². The maximum absolute atomic E-state index is 13.2. The van der Waals surface area contributed by atoms with Gasteiger partial charge in [-0.15, -0.1) is 0 Å². The molecule has 150 valence electrons. The Hall–Kier alpha value is -2.66. The third-order valence-electron chi connectivity index (χ3n) is 3.88. The van der Waals surface area contributed by atoms with Gasteiger partial charge in [0.25, 0.3) is 11.6 Å². The molecule has 3 rings (SSSR count). The number of benzene rings is 1. The van der Waals surface area contributed by atoms with Crippen molar-refractivity contribution in [2.24, 2.45) is 5.10 Å². The fourth-order valence-electron chi connectivity index (χ4n) is 2.52. The Morgan fingerprint density at radius 3 is 2.75 bits per heavy atom. The maximum atomic E-state index is 13.2. The molecule has 0 saturated carbocycles. The van der Waals surface area contributed by atoms with Crippen LogP contribution in [0.5, 0.6) is 5.75 Å². The Morgan fingerprint density at radius 2 is 2.11 bits per heavy atom. The van der Waals surface area contributed by atoms with Crippen LogP contribution in [0.3, 0.4) is 0 Å². The summed E-state index contributed by atoms with van der Waals surface area (Å²) < 4.78 is 59.2. The summed E-state index contributed by atoms with van der Waals surface area (Å²) in [7, 11) is 0. The van der Waals surface area contributed by atoms with Crippen LogP contribution in [-0.4, -0.2) is 43.4 Å². The molecule has 1 atom stereocenters. The fraction of sp³-hybridized carbons (Fsp3) is 0.312. The largest absolute Gasteiger partial charge is 0.471 e. The number of hydrogen-bond acceptors (Lipinski definition) is 5. The second-order valence-electron chi connectivity index (χ2n) is 6.03. The van der Waals surface area contributed by atoms with Crippen LogP contribution >= 0.6 is 11.6 Å². The molecule has 7 nitrogen and oxygen atoms in total. The number of ether oxygens (including phenoxy) is 1. The number of carbonyl (C=O) groups is 1. The molecule has 0 spiro atoms. The highest BCUT2D eigenvalue weighted by molar-refractivity contribution is 6.30. The van der Waals surface area contributed by atoms with Gasteiger partial charge in [0.15, 0.2) is 12.4 Å². The van der Waals surface area contributed by atoms with Gasteiger partial charge in [0.2, 0.25) is 0 Å². The average molecular weight is 421 g/mol. The van der Waals surface area contributed by atoms with Crippen LogP contribution in [-0.2, 0) is 6.73 Å². The van der Waals surface area contributed by atoms with Crippen molar-refractivity contribution in [3.8, 4) is 5.75 Å². The highest BCUT2D eigenvalue weighted by Gasteiger charge is 2.63. The average Bonchev–Trinajstić information content (AvgIpc) is 3.20. The minimum atomic E-state index is -5.10. The number of halogens is 5. The summed E-state index contributed by atoms with van der Waals surface area (Å²) in [5, 5.41) is 17.1. The first kappa shape index (κ1) is 20.1. The van der Waals surface area contributed by atoms with Gasteiger partial charge < -0.3 is 9.84 Å². The van der Waals surface area contributed by atoms with Crippen molar-refractivity contribution in [2.75, 3.05) is 0 Å². The lowest BCUT2D eigenvalue weighted by molar-refractivity contribution is -0.297. The zero-order valence-electron chi connectivity index (χ0n) is 14.2. The van der Waals surface area contributed by atoms with Gasteiger partial charge in [-0.05, 0) is 25.1 Å². The van der Waals surface area contributed by atoms with E-state index in [1.165, 1.54) is 25.3 Å². The molecule has 1 N–H and O–H groups in total. The zero-order chi connectivity index (χ0) is 20.7. The molecule has 1 unspecified atom stereocenters. The van der Waals surface area contributed by atoms with Gasteiger partial charge in [0, 0.05) is 24.4 Å². The predicted molar refractivity (Wildman–Crippen MR) is 89.2 cm³/mol. The number of rotatable bonds is 4. The van der Waals surface area contributed by atoms with Gasteiger partial charge in [-0.25, -0.2) is 9.07 Å². The predicted octanol–water partition coefficient (Wildman–Crippen LogP) is 3.18. The molecule has 1 aliphatic rings. The quantitative estimate of drug-likeness (QED) is 0.770. The summed E-state index contributed by atoms with van der Waals surface area (Å²) in [6.07, 6.45) is -4.66. The second-order valence-corrected chi connectivity index (χ2v) is 6.44. The Morgan fingerprint density at radius 1 is 1.39 bits per heavy atom. The molecule has 0 radical (unpaired) electrons. The lowest BCUT2D eigenvalue weighted by atomic mass is 10.1. The van der Waals surface area contributed by atoms with Crippen molar-refractivity contribution in [3.05, 3.63) is 47.0 Å². The number of amides is 1. The molecule has 0 fully saturated rings. The lowest BCUT2D eigenvalue weighted by Gasteiger charge is -2.32. The SMILES string of the molecule is CC1=NN(C(=O)c2ccn(COc3ccc(F)c(Cl)c3)n2)C(O)(C(F)(F)F)C1. The van der Waals surface area contributed by atoms with Gasteiger partial charge in [-0.3, -0.25) is 4.79 Å². The summed E-state index contributed by atoms with van der Waals surface area (Å²) in [5.74, 6) is -1.62. The van der Waals surface area contributed by atoms with Crippen molar-refractivity contribution < 1.29 is 32.2 Å². The zero-order valence-corrected chi connectivity index (χ0v) is 15.0. The Bertz CT molecular complexity index is 946. The molecular weight excluding hydrogens is 408 g/mol. The normalized spacial score (nSPS) is 19.7. The van der Waals surface area contributed by atoms with Crippen LogP contribution in [0, 0.1) is 5.82 Å². The molecular formula is C16H13ClF4N4O3. The number of hydrogen-bond donors (Lipinski definition) is 1. The first-order chi connectivity index (χ1) is 13.0. The molecule has 1 aromatic heterocycles. The van der Waals surface area contributed by atoms with E-state index >= 15 is 0 Å². The molecule has 0 bridgehead atoms. The van der Waals surface area contributed by atoms with Crippen molar-refractivity contribution in [3.63, 3.8) is 0 Å². The third kappa shape index (κ3) is 3.67. The Balaban J connectivity index is 1.74. The number of aromatic nitrogens is 2. The smallest absolute Gasteiger partial charge is 0.438 e. The molecule has 28 heavy (non-hydrogen) atoms. The monoisotopic (exact) mass is 420 g/mol. The van der Waals surface area contributed by atoms with Crippen molar-refractivity contribution in [1.82, 2.24) is 14.8 Å². The first-order valence-electron chi connectivity index (χ1n) is 7.80. The Labute approximate surface area is 160 Å². The molecule has 2 aromatic rings. The van der Waals surface area contributed by atoms with Crippen molar-refractivity contribution in [1.29, 1.82) is 0 Å². The van der Waals surface area contributed by atoms with Gasteiger partial charge in [-0.2, -0.15) is 28.4 Å². The molecule has 1 amide bonds. The lowest BCUT2D eigenvalue weighted by Crippen LogP contribution is -2.56. The highest BCUT2D eigenvalue weighted by Crippen LogP contribution is 2.40. The summed E-state index contributed by atoms with van der Waals surface area (Å²) >= 11 is 5.63. The summed E-state index contributed by atoms with van der Waals surface area (Å²) in [6.45, 7) is 1.05. The van der Waals surface area contributed by atoms with E-state index in [9.17, 15) is 27.5 Å².